The van der Waals surface area contributed by atoms with E-state index in [9.17, 15) is 14.7 Å². The highest BCUT2D eigenvalue weighted by Gasteiger charge is 2.28. The molecule has 1 saturated heterocycles. The minimum atomic E-state index is -0.974. The average molecular weight is 613 g/mol. The highest BCUT2D eigenvalue weighted by atomic mass is 32.2. The van der Waals surface area contributed by atoms with Crippen molar-refractivity contribution in [3.05, 3.63) is 72.4 Å². The number of hydrogen-bond acceptors (Lipinski definition) is 7. The summed E-state index contributed by atoms with van der Waals surface area (Å²) in [6.07, 6.45) is 4.40. The van der Waals surface area contributed by atoms with Crippen LogP contribution in [-0.2, 0) is 11.3 Å². The predicted octanol–water partition coefficient (Wildman–Crippen LogP) is 6.19. The van der Waals surface area contributed by atoms with E-state index in [4.69, 9.17) is 4.98 Å². The first-order chi connectivity index (χ1) is 21.1. The molecule has 0 unspecified atom stereocenters. The number of pyridine rings is 1. The number of carbonyl (C=O) groups excluding carboxylic acids is 1. The topological polar surface area (TPSA) is 112 Å². The zero-order valence-corrected chi connectivity index (χ0v) is 26.6. The first-order valence-corrected chi connectivity index (χ1v) is 16.2. The van der Waals surface area contributed by atoms with E-state index in [0.717, 1.165) is 60.2 Å². The molecule has 2 aromatic heterocycles. The van der Waals surface area contributed by atoms with Gasteiger partial charge in [-0.25, -0.2) is 19.7 Å². The van der Waals surface area contributed by atoms with Crippen LogP contribution in [0.15, 0.2) is 72.0 Å². The lowest BCUT2D eigenvalue weighted by atomic mass is 9.95. The van der Waals surface area contributed by atoms with Crippen molar-refractivity contribution in [1.82, 2.24) is 30.1 Å². The lowest BCUT2D eigenvalue weighted by molar-refractivity contribution is -0.126. The van der Waals surface area contributed by atoms with E-state index in [0.29, 0.717) is 17.3 Å². The molecule has 3 heterocycles. The van der Waals surface area contributed by atoms with E-state index in [2.05, 4.69) is 62.6 Å². The second-order valence-electron chi connectivity index (χ2n) is 12.2. The van der Waals surface area contributed by atoms with Crippen molar-refractivity contribution in [2.75, 3.05) is 32.4 Å². The Kier molecular flexibility index (Phi) is 9.80. The number of likely N-dealkylation sites (tertiary alicyclic amines) is 1. The average Bonchev–Trinajstić information content (AvgIpc) is 3.02. The quantitative estimate of drug-likeness (QED) is 0.170. The lowest BCUT2D eigenvalue weighted by Gasteiger charge is -2.34. The van der Waals surface area contributed by atoms with E-state index in [1.54, 1.807) is 0 Å². The van der Waals surface area contributed by atoms with Crippen molar-refractivity contribution in [2.24, 2.45) is 5.92 Å². The summed E-state index contributed by atoms with van der Waals surface area (Å²) in [4.78, 5) is 42.2. The van der Waals surface area contributed by atoms with E-state index in [-0.39, 0.29) is 18.4 Å². The monoisotopic (exact) mass is 612 g/mol. The third-order valence-corrected chi connectivity index (χ3v) is 8.64. The van der Waals surface area contributed by atoms with Crippen LogP contribution in [0.1, 0.15) is 39.2 Å². The van der Waals surface area contributed by atoms with Gasteiger partial charge in [0.2, 0.25) is 5.91 Å². The van der Waals surface area contributed by atoms with Gasteiger partial charge in [0.25, 0.3) is 0 Å². The van der Waals surface area contributed by atoms with Crippen molar-refractivity contribution in [3.8, 4) is 22.4 Å². The molecule has 44 heavy (non-hydrogen) atoms. The number of amides is 2. The van der Waals surface area contributed by atoms with Crippen LogP contribution < -0.4 is 5.32 Å². The minimum Gasteiger partial charge on any atom is -0.465 e. The molecule has 0 saturated carbocycles. The smallest absolute Gasteiger partial charge is 0.407 e. The molecule has 0 aliphatic carbocycles. The second kappa shape index (κ2) is 13.7. The summed E-state index contributed by atoms with van der Waals surface area (Å²) in [6.45, 7) is 8.64. The molecule has 2 aromatic carbocycles. The number of aromatic nitrogens is 3. The highest BCUT2D eigenvalue weighted by Crippen LogP contribution is 2.33. The molecule has 0 radical (unpaired) electrons. The number of nitrogens with one attached hydrogen (secondary N) is 1. The van der Waals surface area contributed by atoms with Gasteiger partial charge in [-0.05, 0) is 70.2 Å². The molecule has 4 aromatic rings. The summed E-state index contributed by atoms with van der Waals surface area (Å²) in [6, 6.07) is 21.0. The van der Waals surface area contributed by atoms with Gasteiger partial charge in [-0.15, -0.1) is 0 Å². The molecule has 1 aliphatic heterocycles. The van der Waals surface area contributed by atoms with Gasteiger partial charge >= 0.3 is 6.09 Å². The number of piperidine rings is 1. The fourth-order valence-corrected chi connectivity index (χ4v) is 5.97. The van der Waals surface area contributed by atoms with Crippen LogP contribution in [0.5, 0.6) is 0 Å². The molecule has 5 rings (SSSR count). The van der Waals surface area contributed by atoms with Gasteiger partial charge < -0.3 is 15.3 Å². The Bertz CT molecular complexity index is 1600. The molecule has 1 fully saturated rings. The molecule has 9 nitrogen and oxygen atoms in total. The molecule has 2 amide bonds. The van der Waals surface area contributed by atoms with Crippen molar-refractivity contribution < 1.29 is 14.7 Å². The summed E-state index contributed by atoms with van der Waals surface area (Å²) >= 11 is 1.50. The van der Waals surface area contributed by atoms with Crippen molar-refractivity contribution in [1.29, 1.82) is 0 Å². The normalized spacial score (nSPS) is 14.5. The minimum absolute atomic E-state index is 0.0141. The van der Waals surface area contributed by atoms with E-state index in [1.165, 1.54) is 22.2 Å². The molecule has 1 aliphatic rings. The summed E-state index contributed by atoms with van der Waals surface area (Å²) in [7, 11) is 0. The largest absolute Gasteiger partial charge is 0.465 e. The van der Waals surface area contributed by atoms with Crippen molar-refractivity contribution in [3.63, 3.8) is 0 Å². The third-order valence-electron chi connectivity index (χ3n) is 8.08. The zero-order chi connectivity index (χ0) is 31.3. The van der Waals surface area contributed by atoms with Crippen LogP contribution in [0.2, 0.25) is 0 Å². The number of rotatable bonds is 9. The zero-order valence-electron chi connectivity index (χ0n) is 25.8. The number of carboxylic acid groups (broad SMARTS) is 1. The fourth-order valence-electron chi connectivity index (χ4n) is 5.64. The van der Waals surface area contributed by atoms with E-state index in [1.807, 2.05) is 51.4 Å². The Hall–Kier alpha value is -4.02. The standard InChI is InChI=1S/C34H40N6O3S/c1-34(2,3)40(33(42)43)19-16-35-31(41)26-14-17-39(18-15-26)22-23-10-12-25(13-11-23)29-28(24-8-6-5-7-9-24)20-27-21-36-32(44-4)38-30(27)37-29/h5-13,20-21,26H,14-19,22H2,1-4H3,(H,35,41)(H,42,43). The SMILES string of the molecule is CSc1ncc2cc(-c3ccccc3)c(-c3ccc(CN4CCC(C(=O)NCCN(C(=O)O)C(C)(C)C)CC4)cc3)nc2n1. The van der Waals surface area contributed by atoms with Gasteiger partial charge in [0.05, 0.1) is 5.69 Å². The summed E-state index contributed by atoms with van der Waals surface area (Å²) in [5.41, 5.74) is 5.44. The predicted molar refractivity (Wildman–Crippen MR) is 175 cm³/mol. The Labute approximate surface area is 263 Å². The molecule has 2 N–H and O–H groups in total. The van der Waals surface area contributed by atoms with Gasteiger partial charge in [0.15, 0.2) is 10.8 Å². The summed E-state index contributed by atoms with van der Waals surface area (Å²) in [5, 5.41) is 14.0. The first kappa shape index (κ1) is 31.4. The molecular formula is C34H40N6O3S. The number of carbonyl (C=O) groups is 2. The number of nitrogens with zero attached hydrogens (tertiary/aromatic N) is 5. The molecule has 0 spiro atoms. The van der Waals surface area contributed by atoms with Gasteiger partial charge in [0, 0.05) is 53.8 Å². The van der Waals surface area contributed by atoms with E-state index < -0.39 is 11.6 Å². The molecule has 10 heteroatoms. The molecule has 0 atom stereocenters. The number of fused-ring (bicyclic) bond motifs is 1. The summed E-state index contributed by atoms with van der Waals surface area (Å²) < 4.78 is 0. The lowest BCUT2D eigenvalue weighted by Crippen LogP contribution is -2.49. The van der Waals surface area contributed by atoms with Crippen LogP contribution >= 0.6 is 11.8 Å². The highest BCUT2D eigenvalue weighted by molar-refractivity contribution is 7.98. The maximum Gasteiger partial charge on any atom is 0.407 e. The van der Waals surface area contributed by atoms with Gasteiger partial charge in [-0.3, -0.25) is 9.69 Å². The van der Waals surface area contributed by atoms with Crippen molar-refractivity contribution in [2.45, 2.75) is 50.9 Å². The van der Waals surface area contributed by atoms with Crippen LogP contribution in [0.3, 0.4) is 0 Å². The molecular weight excluding hydrogens is 572 g/mol. The first-order valence-electron chi connectivity index (χ1n) is 15.0. The fraction of sp³-hybridized carbons (Fsp3) is 0.382. The van der Waals surface area contributed by atoms with Crippen LogP contribution in [0.25, 0.3) is 33.4 Å². The Morgan fingerprint density at radius 2 is 1.73 bits per heavy atom. The maximum absolute atomic E-state index is 12.8. The van der Waals surface area contributed by atoms with Crippen LogP contribution in [0, 0.1) is 5.92 Å². The summed E-state index contributed by atoms with van der Waals surface area (Å²) in [5.74, 6) is -0.0346. The maximum atomic E-state index is 12.8. The Morgan fingerprint density at radius 1 is 1.02 bits per heavy atom. The van der Waals surface area contributed by atoms with Gasteiger partial charge in [-0.2, -0.15) is 0 Å². The second-order valence-corrected chi connectivity index (χ2v) is 12.9. The van der Waals surface area contributed by atoms with E-state index >= 15 is 0 Å². The molecule has 230 valence electrons. The van der Waals surface area contributed by atoms with Gasteiger partial charge in [0.1, 0.15) is 0 Å². The Morgan fingerprint density at radius 3 is 2.36 bits per heavy atom. The molecule has 0 bridgehead atoms. The number of thioether (sulfide) groups is 1. The van der Waals surface area contributed by atoms with Crippen molar-refractivity contribution >= 4 is 34.8 Å². The number of benzene rings is 2. The number of hydrogen-bond donors (Lipinski definition) is 2. The van der Waals surface area contributed by atoms with Crippen LogP contribution in [-0.4, -0.2) is 79.8 Å². The third kappa shape index (κ3) is 7.54. The van der Waals surface area contributed by atoms with Crippen LogP contribution in [0.4, 0.5) is 4.79 Å². The van der Waals surface area contributed by atoms with Gasteiger partial charge in [-0.1, -0.05) is 66.4 Å². The Balaban J connectivity index is 1.21.